The van der Waals surface area contributed by atoms with Crippen molar-refractivity contribution in [3.63, 3.8) is 0 Å². The molecular formula is C41H63N7O6. The molecule has 0 saturated heterocycles. The zero-order valence-corrected chi connectivity index (χ0v) is 32.7. The van der Waals surface area contributed by atoms with Gasteiger partial charge in [0.05, 0.1) is 13.2 Å². The van der Waals surface area contributed by atoms with Crippen LogP contribution in [0.5, 0.6) is 0 Å². The number of hydrogen-bond donors (Lipinski definition) is 4. The topological polar surface area (TPSA) is 184 Å². The molecule has 0 aliphatic carbocycles. The molecule has 0 heterocycles. The first-order valence-corrected chi connectivity index (χ1v) is 19.5. The summed E-state index contributed by atoms with van der Waals surface area (Å²) in [4.78, 5) is 55.1. The number of carbonyl (C=O) groups excluding carboxylic acids is 4. The van der Waals surface area contributed by atoms with Crippen LogP contribution in [0, 0.1) is 5.41 Å². The molecule has 298 valence electrons. The van der Waals surface area contributed by atoms with Crippen LogP contribution in [0.25, 0.3) is 10.4 Å². The van der Waals surface area contributed by atoms with E-state index in [1.54, 1.807) is 0 Å². The molecule has 2 atom stereocenters. The summed E-state index contributed by atoms with van der Waals surface area (Å²) in [5, 5.41) is 15.0. The minimum atomic E-state index is -0.988. The van der Waals surface area contributed by atoms with Gasteiger partial charge in [0.1, 0.15) is 18.7 Å². The first-order valence-electron chi connectivity index (χ1n) is 19.5. The molecule has 2 aromatic rings. The average Bonchev–Trinajstić information content (AvgIpc) is 3.15. The zero-order chi connectivity index (χ0) is 39.3. The maximum absolute atomic E-state index is 13.7. The zero-order valence-electron chi connectivity index (χ0n) is 32.7. The molecule has 4 N–H and O–H groups in total. The largest absolute Gasteiger partial charge is 0.445 e. The van der Waals surface area contributed by atoms with Gasteiger partial charge in [0, 0.05) is 31.0 Å². The van der Waals surface area contributed by atoms with Crippen molar-refractivity contribution >= 4 is 23.8 Å². The van der Waals surface area contributed by atoms with E-state index in [4.69, 9.17) is 15.0 Å². The molecule has 0 aliphatic rings. The molecule has 0 aromatic heterocycles. The van der Waals surface area contributed by atoms with Gasteiger partial charge in [-0.3, -0.25) is 14.4 Å². The quantitative estimate of drug-likeness (QED) is 0.0300. The van der Waals surface area contributed by atoms with Gasteiger partial charge >= 0.3 is 6.09 Å². The van der Waals surface area contributed by atoms with Crippen molar-refractivity contribution in [1.29, 1.82) is 0 Å². The lowest BCUT2D eigenvalue weighted by atomic mass is 9.92. The maximum atomic E-state index is 13.7. The second kappa shape index (κ2) is 27.9. The predicted octanol–water partition coefficient (Wildman–Crippen LogP) is 7.64. The number of hydrogen-bond acceptors (Lipinski definition) is 7. The van der Waals surface area contributed by atoms with Gasteiger partial charge in [-0.1, -0.05) is 125 Å². The van der Waals surface area contributed by atoms with Crippen LogP contribution in [0.15, 0.2) is 65.8 Å². The molecule has 2 rings (SSSR count). The Morgan fingerprint density at radius 1 is 0.704 bits per heavy atom. The summed E-state index contributed by atoms with van der Waals surface area (Å²) >= 11 is 0. The highest BCUT2D eigenvalue weighted by Gasteiger charge is 2.27. The molecule has 0 fully saturated rings. The van der Waals surface area contributed by atoms with E-state index in [0.29, 0.717) is 45.3 Å². The van der Waals surface area contributed by atoms with E-state index in [0.717, 1.165) is 62.5 Å². The molecule has 0 bridgehead atoms. The van der Waals surface area contributed by atoms with E-state index >= 15 is 0 Å². The molecular weight excluding hydrogens is 686 g/mol. The molecule has 2 aromatic carbocycles. The molecule has 4 amide bonds. The SMILES string of the molecule is CC(C)(C)CCNC(=O)[C@H](CCCCNC(=O)OCc1ccccc1)NC(=O)[C@H](COCc1ccccc1)NC(=O)CCCCCCCCCCN=[N+]=[N-]. The molecule has 13 nitrogen and oxygen atoms in total. The van der Waals surface area contributed by atoms with Gasteiger partial charge in [0.25, 0.3) is 0 Å². The number of nitrogens with one attached hydrogen (secondary N) is 4. The summed E-state index contributed by atoms with van der Waals surface area (Å²) in [6, 6.07) is 17.2. The molecule has 0 aliphatic heterocycles. The molecule has 0 spiro atoms. The van der Waals surface area contributed by atoms with Crippen LogP contribution in [-0.4, -0.2) is 62.1 Å². The number of amides is 4. The Bertz CT molecular complexity index is 1400. The van der Waals surface area contributed by atoms with Gasteiger partial charge < -0.3 is 30.7 Å². The van der Waals surface area contributed by atoms with Crippen molar-refractivity contribution in [3.8, 4) is 0 Å². The second-order valence-electron chi connectivity index (χ2n) is 14.8. The van der Waals surface area contributed by atoms with Crippen LogP contribution >= 0.6 is 0 Å². The number of unbranched alkanes of at least 4 members (excludes halogenated alkanes) is 8. The highest BCUT2D eigenvalue weighted by Crippen LogP contribution is 2.17. The lowest BCUT2D eigenvalue weighted by Gasteiger charge is -2.24. The number of nitrogens with zero attached hydrogens (tertiary/aromatic N) is 3. The van der Waals surface area contributed by atoms with Crippen LogP contribution in [0.2, 0.25) is 0 Å². The van der Waals surface area contributed by atoms with Crippen LogP contribution in [-0.2, 0) is 37.1 Å². The summed E-state index contributed by atoms with van der Waals surface area (Å²) < 4.78 is 11.2. The molecule has 0 unspecified atom stereocenters. The first kappa shape index (κ1) is 45.5. The summed E-state index contributed by atoms with van der Waals surface area (Å²) in [6.45, 7) is 8.02. The van der Waals surface area contributed by atoms with E-state index < -0.39 is 24.1 Å². The van der Waals surface area contributed by atoms with Crippen molar-refractivity contribution in [1.82, 2.24) is 21.3 Å². The fraction of sp³-hybridized carbons (Fsp3) is 0.610. The van der Waals surface area contributed by atoms with E-state index in [1.165, 1.54) is 0 Å². The van der Waals surface area contributed by atoms with Gasteiger partial charge in [0.15, 0.2) is 0 Å². The summed E-state index contributed by atoms with van der Waals surface area (Å²) in [7, 11) is 0. The van der Waals surface area contributed by atoms with Crippen LogP contribution in [0.1, 0.15) is 115 Å². The molecule has 0 radical (unpaired) electrons. The van der Waals surface area contributed by atoms with E-state index in [-0.39, 0.29) is 43.5 Å². The summed E-state index contributed by atoms with van der Waals surface area (Å²) in [6.07, 6.45) is 9.84. The predicted molar refractivity (Wildman–Crippen MR) is 211 cm³/mol. The number of ether oxygens (including phenoxy) is 2. The lowest BCUT2D eigenvalue weighted by Crippen LogP contribution is -2.55. The van der Waals surface area contributed by atoms with Gasteiger partial charge in [-0.05, 0) is 60.6 Å². The Morgan fingerprint density at radius 3 is 1.94 bits per heavy atom. The van der Waals surface area contributed by atoms with Crippen molar-refractivity contribution in [2.75, 3.05) is 26.2 Å². The van der Waals surface area contributed by atoms with Gasteiger partial charge in [-0.25, -0.2) is 4.79 Å². The smallest absolute Gasteiger partial charge is 0.407 e. The molecule has 0 saturated carbocycles. The average molecular weight is 750 g/mol. The van der Waals surface area contributed by atoms with Crippen molar-refractivity contribution in [2.45, 2.75) is 130 Å². The third-order valence-corrected chi connectivity index (χ3v) is 8.73. The normalized spacial score (nSPS) is 12.1. The van der Waals surface area contributed by atoms with Gasteiger partial charge in [-0.15, -0.1) is 0 Å². The lowest BCUT2D eigenvalue weighted by molar-refractivity contribution is -0.133. The van der Waals surface area contributed by atoms with E-state index in [1.807, 2.05) is 60.7 Å². The number of benzene rings is 2. The highest BCUT2D eigenvalue weighted by atomic mass is 16.5. The Balaban J connectivity index is 1.92. The van der Waals surface area contributed by atoms with Crippen molar-refractivity contribution < 1.29 is 28.7 Å². The highest BCUT2D eigenvalue weighted by molar-refractivity contribution is 5.92. The van der Waals surface area contributed by atoms with E-state index in [9.17, 15) is 19.2 Å². The van der Waals surface area contributed by atoms with Gasteiger partial charge in [-0.2, -0.15) is 0 Å². The number of rotatable bonds is 28. The Hall–Kier alpha value is -4.61. The Morgan fingerprint density at radius 2 is 1.31 bits per heavy atom. The third kappa shape index (κ3) is 23.1. The van der Waals surface area contributed by atoms with Crippen molar-refractivity contribution in [3.05, 3.63) is 82.2 Å². The molecule has 13 heteroatoms. The summed E-state index contributed by atoms with van der Waals surface area (Å²) in [5.74, 6) is -1.03. The monoisotopic (exact) mass is 749 g/mol. The number of azide groups is 1. The number of carbonyl (C=O) groups is 4. The maximum Gasteiger partial charge on any atom is 0.407 e. The Kier molecular flexibility index (Phi) is 23.5. The summed E-state index contributed by atoms with van der Waals surface area (Å²) in [5.41, 5.74) is 10.2. The Labute approximate surface area is 321 Å². The van der Waals surface area contributed by atoms with Crippen LogP contribution < -0.4 is 21.3 Å². The second-order valence-corrected chi connectivity index (χ2v) is 14.8. The fourth-order valence-electron chi connectivity index (χ4n) is 5.55. The first-order chi connectivity index (χ1) is 26.1. The standard InChI is InChI=1S/C41H63N7O6/c1-41(2,3)26-29-43-38(50)35(24-17-19-27-44-40(52)54-31-34-22-14-11-15-23-34)47-39(51)36(32-53-30-33-20-12-10-13-21-33)46-37(49)25-16-8-6-4-5-7-9-18-28-45-48-42/h10-15,20-23,35-36H,4-9,16-19,24-32H2,1-3H3,(H,43,50)(H,44,52)(H,46,49)(H,47,51)/t35-,36-/m0/s1. The minimum absolute atomic E-state index is 0.0210. The third-order valence-electron chi connectivity index (χ3n) is 8.73. The van der Waals surface area contributed by atoms with E-state index in [2.05, 4.69) is 52.1 Å². The van der Waals surface area contributed by atoms with Crippen LogP contribution in [0.3, 0.4) is 0 Å². The minimum Gasteiger partial charge on any atom is -0.445 e. The van der Waals surface area contributed by atoms with Crippen LogP contribution in [0.4, 0.5) is 4.79 Å². The molecule has 54 heavy (non-hydrogen) atoms. The fourth-order valence-corrected chi connectivity index (χ4v) is 5.55. The van der Waals surface area contributed by atoms with Gasteiger partial charge in [0.2, 0.25) is 17.7 Å². The number of alkyl carbamates (subject to hydrolysis) is 1. The van der Waals surface area contributed by atoms with Crippen molar-refractivity contribution in [2.24, 2.45) is 10.5 Å².